The molecule has 1 aliphatic rings. The van der Waals surface area contributed by atoms with Gasteiger partial charge in [0.2, 0.25) is 4.77 Å². The molecular formula is C22H25ClN4O3S. The van der Waals surface area contributed by atoms with Crippen molar-refractivity contribution in [2.24, 2.45) is 0 Å². The van der Waals surface area contributed by atoms with Gasteiger partial charge in [-0.3, -0.25) is 10.00 Å². The molecule has 31 heavy (non-hydrogen) atoms. The van der Waals surface area contributed by atoms with Crippen molar-refractivity contribution in [3.05, 3.63) is 51.8 Å². The van der Waals surface area contributed by atoms with E-state index in [1.807, 2.05) is 28.9 Å². The summed E-state index contributed by atoms with van der Waals surface area (Å²) in [5.74, 6) is 2.92. The molecule has 164 valence electrons. The van der Waals surface area contributed by atoms with Gasteiger partial charge >= 0.3 is 0 Å². The lowest BCUT2D eigenvalue weighted by molar-refractivity contribution is 0.187. The van der Waals surface area contributed by atoms with Crippen LogP contribution in [0.15, 0.2) is 36.4 Å². The summed E-state index contributed by atoms with van der Waals surface area (Å²) < 4.78 is 18.8. The van der Waals surface area contributed by atoms with Crippen LogP contribution < -0.4 is 14.2 Å². The lowest BCUT2D eigenvalue weighted by atomic mass is 10.0. The Kier molecular flexibility index (Phi) is 6.50. The molecule has 2 heterocycles. The lowest BCUT2D eigenvalue weighted by Gasteiger charge is -2.26. The number of hydrogen-bond donors (Lipinski definition) is 1. The van der Waals surface area contributed by atoms with Crippen LogP contribution in [0.4, 0.5) is 0 Å². The third-order valence-corrected chi connectivity index (χ3v) is 6.13. The van der Waals surface area contributed by atoms with E-state index in [1.165, 1.54) is 0 Å². The number of ether oxygens (including phenoxy) is 3. The molecule has 1 aromatic heterocycles. The van der Waals surface area contributed by atoms with Crippen LogP contribution in [0.5, 0.6) is 17.2 Å². The molecule has 1 atom stereocenters. The Hall–Kier alpha value is -2.55. The number of aromatic amines is 1. The maximum Gasteiger partial charge on any atom is 0.217 e. The van der Waals surface area contributed by atoms with Crippen LogP contribution >= 0.6 is 23.8 Å². The zero-order valence-corrected chi connectivity index (χ0v) is 19.3. The van der Waals surface area contributed by atoms with Gasteiger partial charge in [0, 0.05) is 29.2 Å². The molecule has 3 aromatic rings. The second-order valence-corrected chi connectivity index (χ2v) is 8.15. The van der Waals surface area contributed by atoms with Crippen LogP contribution in [0.25, 0.3) is 11.4 Å². The minimum Gasteiger partial charge on any atom is -0.497 e. The predicted molar refractivity (Wildman–Crippen MR) is 123 cm³/mol. The zero-order chi connectivity index (χ0) is 22.0. The van der Waals surface area contributed by atoms with Crippen molar-refractivity contribution >= 4 is 23.8 Å². The van der Waals surface area contributed by atoms with Gasteiger partial charge in [0.1, 0.15) is 17.2 Å². The smallest absolute Gasteiger partial charge is 0.217 e. The number of hydrogen-bond acceptors (Lipinski definition) is 6. The molecule has 0 spiro atoms. The van der Waals surface area contributed by atoms with Crippen LogP contribution in [0, 0.1) is 4.77 Å². The second-order valence-electron chi connectivity index (χ2n) is 7.35. The van der Waals surface area contributed by atoms with Gasteiger partial charge in [0.15, 0.2) is 5.82 Å². The van der Waals surface area contributed by atoms with Gasteiger partial charge in [-0.05, 0) is 49.3 Å². The number of halogens is 1. The van der Waals surface area contributed by atoms with Gasteiger partial charge in [0.05, 0.1) is 33.6 Å². The van der Waals surface area contributed by atoms with Crippen molar-refractivity contribution in [2.45, 2.75) is 25.6 Å². The molecule has 0 radical (unpaired) electrons. The number of nitrogens with one attached hydrogen (secondary N) is 1. The molecule has 0 bridgehead atoms. The van der Waals surface area contributed by atoms with Crippen LogP contribution in [0.1, 0.15) is 24.4 Å². The summed E-state index contributed by atoms with van der Waals surface area (Å²) >= 11 is 11.7. The van der Waals surface area contributed by atoms with Gasteiger partial charge < -0.3 is 14.2 Å². The third-order valence-electron chi connectivity index (χ3n) is 5.58. The van der Waals surface area contributed by atoms with Crippen molar-refractivity contribution in [3.8, 4) is 28.6 Å². The van der Waals surface area contributed by atoms with Crippen molar-refractivity contribution in [1.29, 1.82) is 0 Å². The summed E-state index contributed by atoms with van der Waals surface area (Å²) in [6, 6.07) is 11.6. The van der Waals surface area contributed by atoms with E-state index in [4.69, 9.17) is 38.0 Å². The highest BCUT2D eigenvalue weighted by Gasteiger charge is 2.29. The normalized spacial score (nSPS) is 16.5. The zero-order valence-electron chi connectivity index (χ0n) is 17.7. The number of methoxy groups -OCH3 is 3. The molecular weight excluding hydrogens is 436 g/mol. The first kappa shape index (κ1) is 21.7. The molecule has 0 saturated carbocycles. The summed E-state index contributed by atoms with van der Waals surface area (Å²) in [7, 11) is 4.96. The predicted octanol–water partition coefficient (Wildman–Crippen LogP) is 5.08. The first-order chi connectivity index (χ1) is 15.0. The number of likely N-dealkylation sites (tertiary alicyclic amines) is 1. The Labute approximate surface area is 191 Å². The Bertz CT molecular complexity index is 1130. The molecule has 1 saturated heterocycles. The highest BCUT2D eigenvalue weighted by atomic mass is 35.5. The van der Waals surface area contributed by atoms with Crippen molar-refractivity contribution in [3.63, 3.8) is 0 Å². The van der Waals surface area contributed by atoms with Crippen LogP contribution in [0.2, 0.25) is 5.02 Å². The second kappa shape index (κ2) is 9.30. The van der Waals surface area contributed by atoms with E-state index in [9.17, 15) is 0 Å². The van der Waals surface area contributed by atoms with Crippen molar-refractivity contribution in [1.82, 2.24) is 19.7 Å². The first-order valence-electron chi connectivity index (χ1n) is 10.0. The van der Waals surface area contributed by atoms with Gasteiger partial charge in [-0.2, -0.15) is 4.98 Å². The first-order valence-corrected chi connectivity index (χ1v) is 10.8. The molecule has 1 N–H and O–H groups in total. The van der Waals surface area contributed by atoms with Crippen LogP contribution in [0.3, 0.4) is 0 Å². The quantitative estimate of drug-likeness (QED) is 0.496. The topological polar surface area (TPSA) is 64.5 Å². The summed E-state index contributed by atoms with van der Waals surface area (Å²) in [5, 5.41) is 3.92. The van der Waals surface area contributed by atoms with Crippen molar-refractivity contribution < 1.29 is 14.2 Å². The maximum absolute atomic E-state index is 6.19. The molecule has 0 aliphatic carbocycles. The SMILES string of the molecule is COc1ccc([C@H]2CCCN2Cn2[nH]c(-c3cc(Cl)ccc3OC)nc2=S)c(OC)c1. The maximum atomic E-state index is 6.19. The third kappa shape index (κ3) is 4.42. The lowest BCUT2D eigenvalue weighted by Crippen LogP contribution is -2.27. The van der Waals surface area contributed by atoms with E-state index in [0.717, 1.165) is 42.0 Å². The highest BCUT2D eigenvalue weighted by Crippen LogP contribution is 2.39. The van der Waals surface area contributed by atoms with E-state index < -0.39 is 0 Å². The molecule has 7 nitrogen and oxygen atoms in total. The van der Waals surface area contributed by atoms with Gasteiger partial charge in [-0.15, -0.1) is 0 Å². The number of H-pyrrole nitrogens is 1. The van der Waals surface area contributed by atoms with Crippen LogP contribution in [-0.2, 0) is 6.67 Å². The Balaban J connectivity index is 1.62. The minimum absolute atomic E-state index is 0.218. The summed E-state index contributed by atoms with van der Waals surface area (Å²) in [4.78, 5) is 6.91. The monoisotopic (exact) mass is 460 g/mol. The van der Waals surface area contributed by atoms with E-state index in [0.29, 0.717) is 28.0 Å². The average molecular weight is 461 g/mol. The number of nitrogens with zero attached hydrogens (tertiary/aromatic N) is 3. The van der Waals surface area contributed by atoms with E-state index in [2.05, 4.69) is 21.0 Å². The Morgan fingerprint density at radius 1 is 1.10 bits per heavy atom. The summed E-state index contributed by atoms with van der Waals surface area (Å²) in [6.07, 6.45) is 2.13. The molecule has 1 aliphatic heterocycles. The molecule has 0 unspecified atom stereocenters. The fourth-order valence-corrected chi connectivity index (χ4v) is 4.43. The minimum atomic E-state index is 0.218. The number of aromatic nitrogens is 3. The average Bonchev–Trinajstić information content (AvgIpc) is 3.40. The Morgan fingerprint density at radius 3 is 2.65 bits per heavy atom. The molecule has 2 aromatic carbocycles. The molecule has 4 rings (SSSR count). The summed E-state index contributed by atoms with van der Waals surface area (Å²) in [6.45, 7) is 1.55. The number of benzene rings is 2. The van der Waals surface area contributed by atoms with E-state index in [-0.39, 0.29) is 6.04 Å². The van der Waals surface area contributed by atoms with E-state index in [1.54, 1.807) is 27.4 Å². The van der Waals surface area contributed by atoms with Gasteiger partial charge in [0.25, 0.3) is 0 Å². The molecule has 1 fully saturated rings. The van der Waals surface area contributed by atoms with Gasteiger partial charge in [-0.1, -0.05) is 17.7 Å². The molecule has 0 amide bonds. The largest absolute Gasteiger partial charge is 0.497 e. The standard InChI is InChI=1S/C22H25ClN4O3S/c1-28-15-7-8-16(20(12-15)30-3)18-5-4-10-26(18)13-27-22(31)24-21(25-27)17-11-14(23)6-9-19(17)29-2/h6-9,11-12,18H,4-5,10,13H2,1-3H3,(H,24,25,31)/t18-/m1/s1. The van der Waals surface area contributed by atoms with Crippen molar-refractivity contribution in [2.75, 3.05) is 27.9 Å². The Morgan fingerprint density at radius 2 is 1.90 bits per heavy atom. The fraction of sp³-hybridized carbons (Fsp3) is 0.364. The summed E-state index contributed by atoms with van der Waals surface area (Å²) in [5.41, 5.74) is 1.92. The van der Waals surface area contributed by atoms with E-state index >= 15 is 0 Å². The number of rotatable bonds is 7. The van der Waals surface area contributed by atoms with Crippen LogP contribution in [-0.4, -0.2) is 47.5 Å². The molecule has 9 heteroatoms. The fourth-order valence-electron chi connectivity index (χ4n) is 4.06. The van der Waals surface area contributed by atoms with Gasteiger partial charge in [-0.25, -0.2) is 4.68 Å². The highest BCUT2D eigenvalue weighted by molar-refractivity contribution is 7.71.